The standard InChI is InChI=1S/C12H13NO4/c14-11(15)8-6-9(12(16)17)13-10(8)7-4-2-1-3-5-7/h1-5,8-10,13H,6H2,(H,14,15)(H,16,17)/t8-,9+,10+/m1/s1. The zero-order valence-corrected chi connectivity index (χ0v) is 9.04. The monoisotopic (exact) mass is 235 g/mol. The van der Waals surface area contributed by atoms with E-state index in [1.807, 2.05) is 18.2 Å². The first-order chi connectivity index (χ1) is 8.09. The Bertz CT molecular complexity index is 431. The molecule has 0 saturated carbocycles. The molecule has 3 atom stereocenters. The van der Waals surface area contributed by atoms with Crippen molar-refractivity contribution >= 4 is 11.9 Å². The molecule has 90 valence electrons. The summed E-state index contributed by atoms with van der Waals surface area (Å²) < 4.78 is 0. The van der Waals surface area contributed by atoms with Crippen molar-refractivity contribution in [1.82, 2.24) is 5.32 Å². The molecular weight excluding hydrogens is 222 g/mol. The quantitative estimate of drug-likeness (QED) is 0.723. The summed E-state index contributed by atoms with van der Waals surface area (Å²) in [7, 11) is 0. The van der Waals surface area contributed by atoms with E-state index in [1.54, 1.807) is 12.1 Å². The van der Waals surface area contributed by atoms with E-state index < -0.39 is 29.9 Å². The lowest BCUT2D eigenvalue weighted by Crippen LogP contribution is -2.32. The number of nitrogens with one attached hydrogen (secondary N) is 1. The van der Waals surface area contributed by atoms with E-state index in [1.165, 1.54) is 0 Å². The average molecular weight is 235 g/mol. The molecule has 0 aromatic heterocycles. The van der Waals surface area contributed by atoms with Crippen LogP contribution in [0.1, 0.15) is 18.0 Å². The number of carboxylic acid groups (broad SMARTS) is 2. The smallest absolute Gasteiger partial charge is 0.320 e. The highest BCUT2D eigenvalue weighted by Crippen LogP contribution is 2.32. The summed E-state index contributed by atoms with van der Waals surface area (Å²) in [6.45, 7) is 0. The zero-order valence-electron chi connectivity index (χ0n) is 9.04. The Hall–Kier alpha value is -1.88. The summed E-state index contributed by atoms with van der Waals surface area (Å²) in [6.07, 6.45) is 0.115. The van der Waals surface area contributed by atoms with Crippen molar-refractivity contribution in [2.24, 2.45) is 5.92 Å². The molecule has 1 saturated heterocycles. The number of benzene rings is 1. The van der Waals surface area contributed by atoms with Crippen molar-refractivity contribution in [2.45, 2.75) is 18.5 Å². The second-order valence-electron chi connectivity index (χ2n) is 4.13. The SMILES string of the molecule is O=C(O)[C@@H]1C[C@@H](C(=O)O)[C@H](c2ccccc2)N1. The van der Waals surface area contributed by atoms with Crippen LogP contribution in [0.3, 0.4) is 0 Å². The van der Waals surface area contributed by atoms with Gasteiger partial charge in [0.15, 0.2) is 0 Å². The van der Waals surface area contributed by atoms with Crippen molar-refractivity contribution < 1.29 is 19.8 Å². The van der Waals surface area contributed by atoms with E-state index >= 15 is 0 Å². The highest BCUT2D eigenvalue weighted by molar-refractivity contribution is 5.78. The Kier molecular flexibility index (Phi) is 3.10. The van der Waals surface area contributed by atoms with Gasteiger partial charge in [0, 0.05) is 6.04 Å². The minimum absolute atomic E-state index is 0.115. The minimum atomic E-state index is -1.00. The molecule has 3 N–H and O–H groups in total. The lowest BCUT2D eigenvalue weighted by Gasteiger charge is -2.16. The molecule has 0 unspecified atom stereocenters. The van der Waals surface area contributed by atoms with Crippen molar-refractivity contribution in [3.05, 3.63) is 35.9 Å². The predicted molar refractivity (Wildman–Crippen MR) is 59.5 cm³/mol. The van der Waals surface area contributed by atoms with E-state index in [-0.39, 0.29) is 6.42 Å². The summed E-state index contributed by atoms with van der Waals surface area (Å²) in [4.78, 5) is 22.0. The molecule has 0 aliphatic carbocycles. The lowest BCUT2D eigenvalue weighted by atomic mass is 9.94. The highest BCUT2D eigenvalue weighted by atomic mass is 16.4. The molecule has 0 spiro atoms. The Balaban J connectivity index is 2.26. The Labute approximate surface area is 98.1 Å². The molecule has 17 heavy (non-hydrogen) atoms. The fourth-order valence-electron chi connectivity index (χ4n) is 2.20. The van der Waals surface area contributed by atoms with E-state index in [9.17, 15) is 9.59 Å². The molecule has 5 heteroatoms. The largest absolute Gasteiger partial charge is 0.481 e. The topological polar surface area (TPSA) is 86.6 Å². The van der Waals surface area contributed by atoms with Crippen LogP contribution in [0.5, 0.6) is 0 Å². The van der Waals surface area contributed by atoms with E-state index in [4.69, 9.17) is 10.2 Å². The van der Waals surface area contributed by atoms with E-state index in [0.29, 0.717) is 0 Å². The van der Waals surface area contributed by atoms with Crippen LogP contribution in [0.4, 0.5) is 0 Å². The van der Waals surface area contributed by atoms with Crippen LogP contribution in [-0.4, -0.2) is 28.2 Å². The average Bonchev–Trinajstić information content (AvgIpc) is 2.75. The van der Waals surface area contributed by atoms with E-state index in [2.05, 4.69) is 5.32 Å². The second kappa shape index (κ2) is 4.55. The van der Waals surface area contributed by atoms with Crippen molar-refractivity contribution in [2.75, 3.05) is 0 Å². The first-order valence-corrected chi connectivity index (χ1v) is 5.36. The molecule has 1 aromatic rings. The van der Waals surface area contributed by atoms with Gasteiger partial charge in [-0.1, -0.05) is 30.3 Å². The molecule has 1 aromatic carbocycles. The van der Waals surface area contributed by atoms with Gasteiger partial charge in [-0.2, -0.15) is 0 Å². The molecule has 0 bridgehead atoms. The number of hydrogen-bond donors (Lipinski definition) is 3. The van der Waals surface area contributed by atoms with E-state index in [0.717, 1.165) is 5.56 Å². The van der Waals surface area contributed by atoms with Crippen LogP contribution < -0.4 is 5.32 Å². The minimum Gasteiger partial charge on any atom is -0.481 e. The molecule has 2 rings (SSSR count). The number of aliphatic carboxylic acids is 2. The van der Waals surface area contributed by atoms with Gasteiger partial charge in [-0.15, -0.1) is 0 Å². The zero-order chi connectivity index (χ0) is 12.4. The van der Waals surface area contributed by atoms with Gasteiger partial charge in [0.1, 0.15) is 6.04 Å². The number of hydrogen-bond acceptors (Lipinski definition) is 3. The molecule has 0 radical (unpaired) electrons. The third-order valence-corrected chi connectivity index (χ3v) is 3.05. The summed E-state index contributed by atoms with van der Waals surface area (Å²) >= 11 is 0. The molecule has 1 aliphatic heterocycles. The van der Waals surface area contributed by atoms with Crippen LogP contribution in [0.15, 0.2) is 30.3 Å². The molecule has 5 nitrogen and oxygen atoms in total. The lowest BCUT2D eigenvalue weighted by molar-refractivity contribution is -0.142. The molecule has 1 aliphatic rings. The van der Waals surface area contributed by atoms with Gasteiger partial charge in [0.25, 0.3) is 0 Å². The Morgan fingerprint density at radius 3 is 2.29 bits per heavy atom. The molecular formula is C12H13NO4. The third-order valence-electron chi connectivity index (χ3n) is 3.05. The summed E-state index contributed by atoms with van der Waals surface area (Å²) in [5, 5.41) is 20.9. The van der Waals surface area contributed by atoms with Crippen LogP contribution >= 0.6 is 0 Å². The normalized spacial score (nSPS) is 27.9. The van der Waals surface area contributed by atoms with Gasteiger partial charge in [-0.25, -0.2) is 0 Å². The number of rotatable bonds is 3. The summed E-state index contributed by atoms with van der Waals surface area (Å²) in [5.41, 5.74) is 0.809. The van der Waals surface area contributed by atoms with Crippen molar-refractivity contribution in [3.63, 3.8) is 0 Å². The van der Waals surface area contributed by atoms with Gasteiger partial charge < -0.3 is 10.2 Å². The van der Waals surface area contributed by atoms with Crippen LogP contribution in [0, 0.1) is 5.92 Å². The van der Waals surface area contributed by atoms with Gasteiger partial charge >= 0.3 is 11.9 Å². The third kappa shape index (κ3) is 2.29. The van der Waals surface area contributed by atoms with Crippen molar-refractivity contribution in [3.8, 4) is 0 Å². The molecule has 0 amide bonds. The predicted octanol–water partition coefficient (Wildman–Crippen LogP) is 0.875. The fourth-order valence-corrected chi connectivity index (χ4v) is 2.20. The maximum Gasteiger partial charge on any atom is 0.320 e. The second-order valence-corrected chi connectivity index (χ2v) is 4.13. The maximum absolute atomic E-state index is 11.1. The molecule has 1 heterocycles. The first kappa shape index (κ1) is 11.6. The van der Waals surface area contributed by atoms with Crippen LogP contribution in [0.2, 0.25) is 0 Å². The highest BCUT2D eigenvalue weighted by Gasteiger charge is 2.41. The van der Waals surface area contributed by atoms with Gasteiger partial charge in [0.05, 0.1) is 5.92 Å². The van der Waals surface area contributed by atoms with Gasteiger partial charge in [0.2, 0.25) is 0 Å². The van der Waals surface area contributed by atoms with Crippen LogP contribution in [0.25, 0.3) is 0 Å². The van der Waals surface area contributed by atoms with Crippen LogP contribution in [-0.2, 0) is 9.59 Å². The summed E-state index contributed by atoms with van der Waals surface area (Å²) in [6, 6.07) is 7.84. The molecule has 1 fully saturated rings. The summed E-state index contributed by atoms with van der Waals surface area (Å²) in [5.74, 6) is -2.66. The maximum atomic E-state index is 11.1. The first-order valence-electron chi connectivity index (χ1n) is 5.36. The fraction of sp³-hybridized carbons (Fsp3) is 0.333. The number of carbonyl (C=O) groups is 2. The van der Waals surface area contributed by atoms with Gasteiger partial charge in [-0.3, -0.25) is 14.9 Å². The number of carboxylic acids is 2. The Morgan fingerprint density at radius 1 is 1.12 bits per heavy atom. The Morgan fingerprint density at radius 2 is 1.76 bits per heavy atom. The van der Waals surface area contributed by atoms with Gasteiger partial charge in [-0.05, 0) is 12.0 Å². The van der Waals surface area contributed by atoms with Crippen molar-refractivity contribution in [1.29, 1.82) is 0 Å².